The number of nitrogens with one attached hydrogen (secondary N) is 2. The van der Waals surface area contributed by atoms with Crippen molar-refractivity contribution in [3.63, 3.8) is 0 Å². The molecule has 2 heterocycles. The first-order valence-electron chi connectivity index (χ1n) is 21.0. The number of likely N-dealkylation sites (tertiary alicyclic amines) is 1. The fourth-order valence-corrected chi connectivity index (χ4v) is 10.2. The van der Waals surface area contributed by atoms with Gasteiger partial charge in [-0.05, 0) is 124 Å². The molecule has 1 atom stereocenters. The Kier molecular flexibility index (Phi) is 15.2. The van der Waals surface area contributed by atoms with Gasteiger partial charge in [0.05, 0.1) is 9.82 Å². The first-order valence-corrected chi connectivity index (χ1v) is 23.9. The number of nitro benzene ring substituents is 1. The van der Waals surface area contributed by atoms with Crippen LogP contribution < -0.4 is 14.9 Å². The number of sulfonamides is 1. The molecule has 2 fully saturated rings. The van der Waals surface area contributed by atoms with Crippen molar-refractivity contribution in [2.24, 2.45) is 0 Å². The Balaban J connectivity index is 0.956. The molecule has 0 spiro atoms. The van der Waals surface area contributed by atoms with Crippen molar-refractivity contribution in [2.45, 2.75) is 47.7 Å². The van der Waals surface area contributed by atoms with Crippen LogP contribution in [0.25, 0.3) is 11.1 Å². The lowest BCUT2D eigenvalue weighted by atomic mass is 9.99. The Bertz CT molecular complexity index is 2390. The van der Waals surface area contributed by atoms with E-state index in [1.54, 1.807) is 23.9 Å². The zero-order chi connectivity index (χ0) is 43.6. The molecule has 12 nitrogen and oxygen atoms in total. The maximum Gasteiger partial charge on any atom is 0.293 e. The van der Waals surface area contributed by atoms with E-state index in [9.17, 15) is 23.3 Å². The average molecular weight is 897 g/mol. The number of anilines is 2. The lowest BCUT2D eigenvalue weighted by Crippen LogP contribution is -2.46. The SMILES string of the molecule is CN(C)C1CCN(CCC(CSc2ccccc2)Nc2ccc(S(=O)(=O)NC(=O)c3ccc(N4CCN(Cc5ccccc5-c5ccc(Cl)cc5)CC4)cc3)cc2[N+](=O)[O-])CC1. The molecule has 2 N–H and O–H groups in total. The summed E-state index contributed by atoms with van der Waals surface area (Å²) in [6.45, 7) is 6.89. The number of piperidine rings is 1. The minimum Gasteiger partial charge on any atom is -0.376 e. The fourth-order valence-electron chi connectivity index (χ4n) is 8.12. The molecule has 1 amide bonds. The molecule has 0 radical (unpaired) electrons. The predicted octanol–water partition coefficient (Wildman–Crippen LogP) is 8.35. The quantitative estimate of drug-likeness (QED) is 0.0531. The summed E-state index contributed by atoms with van der Waals surface area (Å²) >= 11 is 7.80. The topological polar surface area (TPSA) is 131 Å². The van der Waals surface area contributed by atoms with Gasteiger partial charge in [-0.1, -0.05) is 66.2 Å². The van der Waals surface area contributed by atoms with Crippen molar-refractivity contribution in [3.05, 3.63) is 148 Å². The highest BCUT2D eigenvalue weighted by molar-refractivity contribution is 7.99. The van der Waals surface area contributed by atoms with E-state index in [0.717, 1.165) is 93.8 Å². The minimum atomic E-state index is -4.44. The molecule has 2 aliphatic rings. The Morgan fingerprint density at radius 3 is 2.21 bits per heavy atom. The van der Waals surface area contributed by atoms with Crippen molar-refractivity contribution in [3.8, 4) is 11.1 Å². The van der Waals surface area contributed by atoms with Crippen molar-refractivity contribution in [1.29, 1.82) is 0 Å². The molecule has 0 aromatic heterocycles. The number of thioether (sulfide) groups is 1. The number of hydrogen-bond acceptors (Lipinski definition) is 11. The van der Waals surface area contributed by atoms with Crippen LogP contribution >= 0.6 is 23.4 Å². The Morgan fingerprint density at radius 2 is 1.53 bits per heavy atom. The van der Waals surface area contributed by atoms with Gasteiger partial charge in [-0.25, -0.2) is 13.1 Å². The number of piperazine rings is 1. The standard InChI is InChI=1S/C47H54ClN7O5S2/c1-51(2)40-23-26-52(27-24-40)25-22-39(34-61-42-9-4-3-5-10-42)49-45-21-20-43(32-46(45)55(57)58)62(59,60)50-47(56)36-14-18-41(19-15-36)54-30-28-53(29-31-54)33-37-8-6-7-11-44(37)35-12-16-38(48)17-13-35/h3-21,32,39-40,49H,22-31,33-34H2,1-2H3,(H,50,56). The van der Waals surface area contributed by atoms with E-state index in [-0.39, 0.29) is 27.9 Å². The van der Waals surface area contributed by atoms with Gasteiger partial charge in [0.1, 0.15) is 5.69 Å². The van der Waals surface area contributed by atoms with E-state index in [1.807, 2.05) is 72.8 Å². The van der Waals surface area contributed by atoms with Gasteiger partial charge in [0.15, 0.2) is 0 Å². The third kappa shape index (κ3) is 11.9. The van der Waals surface area contributed by atoms with Crippen LogP contribution in [0.1, 0.15) is 35.2 Å². The van der Waals surface area contributed by atoms with Crippen LogP contribution in [0.5, 0.6) is 0 Å². The fraction of sp³-hybridized carbons (Fsp3) is 0.340. The maximum absolute atomic E-state index is 13.5. The highest BCUT2D eigenvalue weighted by Gasteiger charge is 2.27. The zero-order valence-electron chi connectivity index (χ0n) is 35.2. The van der Waals surface area contributed by atoms with E-state index in [4.69, 9.17) is 11.6 Å². The van der Waals surface area contributed by atoms with Gasteiger partial charge in [0.2, 0.25) is 0 Å². The number of carbonyl (C=O) groups is 1. The molecule has 5 aromatic rings. The van der Waals surface area contributed by atoms with Crippen LogP contribution in [0.4, 0.5) is 17.1 Å². The normalized spacial score (nSPS) is 16.0. The maximum atomic E-state index is 13.5. The molecule has 0 bridgehead atoms. The number of hydrogen-bond donors (Lipinski definition) is 2. The average Bonchev–Trinajstić information content (AvgIpc) is 3.28. The lowest BCUT2D eigenvalue weighted by molar-refractivity contribution is -0.384. The summed E-state index contributed by atoms with van der Waals surface area (Å²) in [5.74, 6) is -0.167. The molecule has 5 aromatic carbocycles. The van der Waals surface area contributed by atoms with Gasteiger partial charge in [0.25, 0.3) is 21.6 Å². The van der Waals surface area contributed by atoms with Crippen LogP contribution in [0.2, 0.25) is 5.02 Å². The monoisotopic (exact) mass is 895 g/mol. The molecule has 7 rings (SSSR count). The summed E-state index contributed by atoms with van der Waals surface area (Å²) < 4.78 is 29.1. The first-order chi connectivity index (χ1) is 29.9. The van der Waals surface area contributed by atoms with Gasteiger partial charge in [-0.2, -0.15) is 0 Å². The molecule has 326 valence electrons. The van der Waals surface area contributed by atoms with Gasteiger partial charge < -0.3 is 20.0 Å². The number of halogens is 1. The highest BCUT2D eigenvalue weighted by Crippen LogP contribution is 2.31. The summed E-state index contributed by atoms with van der Waals surface area (Å²) in [5, 5.41) is 16.5. The molecule has 62 heavy (non-hydrogen) atoms. The van der Waals surface area contributed by atoms with Gasteiger partial charge in [-0.3, -0.25) is 19.8 Å². The summed E-state index contributed by atoms with van der Waals surface area (Å²) in [4.78, 5) is 35.2. The van der Waals surface area contributed by atoms with Crippen LogP contribution in [0.15, 0.2) is 131 Å². The Morgan fingerprint density at radius 1 is 0.855 bits per heavy atom. The third-order valence-corrected chi connectivity index (χ3v) is 14.5. The second kappa shape index (κ2) is 20.9. The Hall–Kier alpha value is -4.96. The van der Waals surface area contributed by atoms with Crippen molar-refractivity contribution >= 4 is 56.4 Å². The second-order valence-electron chi connectivity index (χ2n) is 16.1. The summed E-state index contributed by atoms with van der Waals surface area (Å²) in [7, 11) is -0.209. The third-order valence-electron chi connectivity index (χ3n) is 11.8. The van der Waals surface area contributed by atoms with Crippen molar-refractivity contribution < 1.29 is 18.1 Å². The number of benzene rings is 5. The second-order valence-corrected chi connectivity index (χ2v) is 19.3. The summed E-state index contributed by atoms with van der Waals surface area (Å²) in [6, 6.07) is 37.3. The van der Waals surface area contributed by atoms with Crippen molar-refractivity contribution in [2.75, 3.05) is 75.9 Å². The molecule has 0 saturated carbocycles. The number of amides is 1. The molecule has 0 aliphatic carbocycles. The number of nitro groups is 1. The first kappa shape index (κ1) is 45.1. The summed E-state index contributed by atoms with van der Waals surface area (Å²) in [5.41, 5.74) is 4.50. The van der Waals surface area contributed by atoms with E-state index < -0.39 is 20.9 Å². The van der Waals surface area contributed by atoms with E-state index in [1.165, 1.54) is 23.3 Å². The number of rotatable bonds is 17. The van der Waals surface area contributed by atoms with Crippen LogP contribution in [-0.2, 0) is 16.6 Å². The smallest absolute Gasteiger partial charge is 0.293 e. The van der Waals surface area contributed by atoms with Gasteiger partial charge in [-0.15, -0.1) is 11.8 Å². The van der Waals surface area contributed by atoms with E-state index in [2.05, 4.69) is 61.9 Å². The van der Waals surface area contributed by atoms with Gasteiger partial charge >= 0.3 is 0 Å². The van der Waals surface area contributed by atoms with E-state index in [0.29, 0.717) is 16.8 Å². The van der Waals surface area contributed by atoms with Crippen LogP contribution in [0, 0.1) is 10.1 Å². The molecular weight excluding hydrogens is 842 g/mol. The highest BCUT2D eigenvalue weighted by atomic mass is 35.5. The molecular formula is C47H54ClN7O5S2. The van der Waals surface area contributed by atoms with E-state index >= 15 is 0 Å². The lowest BCUT2D eigenvalue weighted by Gasteiger charge is -2.36. The van der Waals surface area contributed by atoms with Crippen LogP contribution in [-0.4, -0.2) is 112 Å². The molecule has 1 unspecified atom stereocenters. The molecule has 2 aliphatic heterocycles. The zero-order valence-corrected chi connectivity index (χ0v) is 37.5. The number of nitrogens with zero attached hydrogens (tertiary/aromatic N) is 5. The molecule has 15 heteroatoms. The van der Waals surface area contributed by atoms with Gasteiger partial charge in [0, 0.05) is 84.3 Å². The number of carbonyl (C=O) groups excluding carboxylic acids is 1. The predicted molar refractivity (Wildman–Crippen MR) is 251 cm³/mol. The Labute approximate surface area is 374 Å². The van der Waals surface area contributed by atoms with Crippen molar-refractivity contribution in [1.82, 2.24) is 19.4 Å². The minimum absolute atomic E-state index is 0.136. The largest absolute Gasteiger partial charge is 0.376 e. The van der Waals surface area contributed by atoms with Crippen LogP contribution in [0.3, 0.4) is 0 Å². The summed E-state index contributed by atoms with van der Waals surface area (Å²) in [6.07, 6.45) is 2.93. The molecule has 2 saturated heterocycles.